The molecule has 0 saturated carbocycles. The number of hydrogen-bond acceptors (Lipinski definition) is 8. The van der Waals surface area contributed by atoms with E-state index in [-0.39, 0.29) is 36.2 Å². The van der Waals surface area contributed by atoms with Crippen molar-refractivity contribution in [2.75, 3.05) is 25.0 Å². The van der Waals surface area contributed by atoms with Gasteiger partial charge >= 0.3 is 6.18 Å². The maximum Gasteiger partial charge on any atom is 0.435 e. The molecule has 3 aromatic heterocycles. The summed E-state index contributed by atoms with van der Waals surface area (Å²) in [5.41, 5.74) is 12.5. The Morgan fingerprint density at radius 2 is 1.93 bits per heavy atom. The number of H-pyrrole nitrogens is 1. The van der Waals surface area contributed by atoms with Crippen LogP contribution in [0, 0.1) is 0 Å². The van der Waals surface area contributed by atoms with Crippen LogP contribution in [0.4, 0.5) is 24.7 Å². The number of fused-ring (bicyclic) bond motifs is 1. The van der Waals surface area contributed by atoms with E-state index in [1.165, 1.54) is 29.2 Å². The van der Waals surface area contributed by atoms with Gasteiger partial charge in [0.05, 0.1) is 23.5 Å². The van der Waals surface area contributed by atoms with Crippen molar-refractivity contribution in [3.05, 3.63) is 59.8 Å². The quantitative estimate of drug-likeness (QED) is 0.129. The van der Waals surface area contributed by atoms with Gasteiger partial charge in [0.2, 0.25) is 5.91 Å². The van der Waals surface area contributed by atoms with Crippen molar-refractivity contribution < 1.29 is 22.8 Å². The molecule has 1 aromatic carbocycles. The number of amides is 2. The van der Waals surface area contributed by atoms with Crippen LogP contribution in [0.2, 0.25) is 0 Å². The Morgan fingerprint density at radius 1 is 1.14 bits per heavy atom. The standard InChI is InChI=1S/C27H33F3N10O2/c1-2-16-13-17(6-7-18(16)25(41)34-9-10-35-26(42)20(32)5-3-4-8-31)38-23-24-36-15-21(40(24)12-11-33-23)19-14-37-39-22(19)27(28,29)30/h6-7,11-15,20H,2-5,8-10,31-32H2,1H3,(H,33,38)(H,34,41)(H,35,42)(H,37,39)/t20-/m0/s1. The summed E-state index contributed by atoms with van der Waals surface area (Å²) in [7, 11) is 0. The molecule has 3 heterocycles. The van der Waals surface area contributed by atoms with E-state index in [0.29, 0.717) is 42.1 Å². The molecule has 2 amide bonds. The highest BCUT2D eigenvalue weighted by atomic mass is 19.4. The third kappa shape index (κ3) is 7.03. The average Bonchev–Trinajstić information content (AvgIpc) is 3.63. The second kappa shape index (κ2) is 13.4. The van der Waals surface area contributed by atoms with Crippen molar-refractivity contribution in [2.24, 2.45) is 11.5 Å². The number of nitrogens with zero attached hydrogens (tertiary/aromatic N) is 4. The minimum absolute atomic E-state index is 0.138. The van der Waals surface area contributed by atoms with Gasteiger partial charge in [-0.25, -0.2) is 9.97 Å². The largest absolute Gasteiger partial charge is 0.435 e. The van der Waals surface area contributed by atoms with Crippen LogP contribution in [-0.4, -0.2) is 62.1 Å². The Kier molecular flexibility index (Phi) is 9.75. The van der Waals surface area contributed by atoms with E-state index in [0.717, 1.165) is 18.4 Å². The maximum atomic E-state index is 13.4. The Morgan fingerprint density at radius 3 is 2.67 bits per heavy atom. The number of anilines is 2. The smallest absolute Gasteiger partial charge is 0.353 e. The lowest BCUT2D eigenvalue weighted by Gasteiger charge is -2.14. The van der Waals surface area contributed by atoms with Crippen molar-refractivity contribution in [2.45, 2.75) is 44.8 Å². The molecule has 1 atom stereocenters. The molecule has 8 N–H and O–H groups in total. The summed E-state index contributed by atoms with van der Waals surface area (Å²) in [6.07, 6.45) is 3.50. The minimum Gasteiger partial charge on any atom is -0.353 e. The lowest BCUT2D eigenvalue weighted by Crippen LogP contribution is -2.43. The monoisotopic (exact) mass is 586 g/mol. The third-order valence-corrected chi connectivity index (χ3v) is 6.62. The summed E-state index contributed by atoms with van der Waals surface area (Å²) in [5, 5.41) is 14.3. The summed E-state index contributed by atoms with van der Waals surface area (Å²) in [5.74, 6) is -0.250. The van der Waals surface area contributed by atoms with Crippen LogP contribution in [0.3, 0.4) is 0 Å². The van der Waals surface area contributed by atoms with E-state index in [4.69, 9.17) is 11.5 Å². The number of aromatic nitrogens is 5. The number of hydrogen-bond donors (Lipinski definition) is 6. The lowest BCUT2D eigenvalue weighted by molar-refractivity contribution is -0.140. The number of imidazole rings is 1. The minimum atomic E-state index is -4.63. The normalized spacial score (nSPS) is 12.3. The number of nitrogens with two attached hydrogens (primary N) is 2. The first kappa shape index (κ1) is 30.5. The van der Waals surface area contributed by atoms with Gasteiger partial charge in [0.15, 0.2) is 17.2 Å². The second-order valence-electron chi connectivity index (χ2n) is 9.55. The zero-order chi connectivity index (χ0) is 30.3. The lowest BCUT2D eigenvalue weighted by atomic mass is 10.0. The van der Waals surface area contributed by atoms with Gasteiger partial charge in [-0.2, -0.15) is 18.3 Å². The highest BCUT2D eigenvalue weighted by Crippen LogP contribution is 2.36. The first-order valence-corrected chi connectivity index (χ1v) is 13.5. The fourth-order valence-electron chi connectivity index (χ4n) is 4.46. The Balaban J connectivity index is 1.41. The third-order valence-electron chi connectivity index (χ3n) is 6.62. The van der Waals surface area contributed by atoms with Crippen LogP contribution in [-0.2, 0) is 17.4 Å². The molecule has 4 rings (SSSR count). The summed E-state index contributed by atoms with van der Waals surface area (Å²) in [6, 6.07) is 4.55. The molecule has 12 nitrogen and oxygen atoms in total. The van der Waals surface area contributed by atoms with E-state index in [1.807, 2.05) is 6.92 Å². The molecule has 0 unspecified atom stereocenters. The first-order chi connectivity index (χ1) is 20.1. The molecule has 4 aromatic rings. The summed E-state index contributed by atoms with van der Waals surface area (Å²) in [6.45, 7) is 2.92. The number of rotatable bonds is 13. The van der Waals surface area contributed by atoms with Crippen LogP contribution >= 0.6 is 0 Å². The summed E-state index contributed by atoms with van der Waals surface area (Å²) in [4.78, 5) is 33.5. The molecule has 0 aliphatic rings. The van der Waals surface area contributed by atoms with Gasteiger partial charge in [0, 0.05) is 42.9 Å². The van der Waals surface area contributed by atoms with Crippen LogP contribution in [0.5, 0.6) is 0 Å². The molecule has 0 radical (unpaired) electrons. The van der Waals surface area contributed by atoms with Gasteiger partial charge in [-0.05, 0) is 49.6 Å². The van der Waals surface area contributed by atoms with E-state index >= 15 is 0 Å². The average molecular weight is 587 g/mol. The van der Waals surface area contributed by atoms with E-state index < -0.39 is 17.9 Å². The van der Waals surface area contributed by atoms with Crippen molar-refractivity contribution in [3.8, 4) is 11.3 Å². The molecule has 0 spiro atoms. The maximum absolute atomic E-state index is 13.4. The number of carbonyl (C=O) groups is 2. The molecule has 0 aliphatic carbocycles. The van der Waals surface area contributed by atoms with Gasteiger partial charge in [0.1, 0.15) is 0 Å². The van der Waals surface area contributed by atoms with Gasteiger partial charge in [-0.1, -0.05) is 13.3 Å². The molecule has 0 fully saturated rings. The Bertz CT molecular complexity index is 1530. The fourth-order valence-corrected chi connectivity index (χ4v) is 4.46. The first-order valence-electron chi connectivity index (χ1n) is 13.5. The molecular weight excluding hydrogens is 553 g/mol. The van der Waals surface area contributed by atoms with E-state index in [9.17, 15) is 22.8 Å². The van der Waals surface area contributed by atoms with Crippen LogP contribution in [0.25, 0.3) is 16.9 Å². The predicted octanol–water partition coefficient (Wildman–Crippen LogP) is 2.75. The van der Waals surface area contributed by atoms with Gasteiger partial charge in [-0.15, -0.1) is 0 Å². The van der Waals surface area contributed by atoms with Crippen molar-refractivity contribution in [3.63, 3.8) is 0 Å². The van der Waals surface area contributed by atoms with Gasteiger partial charge < -0.3 is 27.4 Å². The van der Waals surface area contributed by atoms with E-state index in [2.05, 4.69) is 36.1 Å². The molecule has 42 heavy (non-hydrogen) atoms. The number of carbonyl (C=O) groups excluding carboxylic acids is 2. The zero-order valence-corrected chi connectivity index (χ0v) is 23.0. The molecule has 15 heteroatoms. The SMILES string of the molecule is CCc1cc(Nc2nccn3c(-c4c[nH]nc4C(F)(F)F)cnc23)ccc1C(=O)NCCNC(=O)[C@@H](N)CCCCN. The number of benzene rings is 1. The summed E-state index contributed by atoms with van der Waals surface area (Å²) >= 11 is 0. The number of nitrogens with one attached hydrogen (secondary N) is 4. The molecule has 0 bridgehead atoms. The topological polar surface area (TPSA) is 181 Å². The molecule has 0 aliphatic heterocycles. The molecular formula is C27H33F3N10O2. The van der Waals surface area contributed by atoms with Crippen LogP contribution in [0.15, 0.2) is 43.0 Å². The molecule has 0 saturated heterocycles. The molecule has 224 valence electrons. The highest BCUT2D eigenvalue weighted by Gasteiger charge is 2.37. The van der Waals surface area contributed by atoms with Gasteiger partial charge in [-0.3, -0.25) is 19.1 Å². The number of halogens is 3. The van der Waals surface area contributed by atoms with E-state index in [1.54, 1.807) is 18.2 Å². The van der Waals surface area contributed by atoms with Crippen LogP contribution < -0.4 is 27.4 Å². The number of unbranched alkanes of at least 4 members (excludes halogenated alkanes) is 1. The summed E-state index contributed by atoms with van der Waals surface area (Å²) < 4.78 is 41.7. The fraction of sp³-hybridized carbons (Fsp3) is 0.370. The zero-order valence-electron chi connectivity index (χ0n) is 23.0. The Labute approximate surface area is 239 Å². The van der Waals surface area contributed by atoms with Crippen molar-refractivity contribution in [1.29, 1.82) is 0 Å². The van der Waals surface area contributed by atoms with Crippen LogP contribution in [0.1, 0.15) is 47.8 Å². The predicted molar refractivity (Wildman–Crippen MR) is 151 cm³/mol. The number of aromatic amines is 1. The second-order valence-corrected chi connectivity index (χ2v) is 9.55. The number of alkyl halides is 3. The van der Waals surface area contributed by atoms with Crippen molar-refractivity contribution in [1.82, 2.24) is 35.2 Å². The number of aryl methyl sites for hydroxylation is 1. The van der Waals surface area contributed by atoms with Crippen molar-refractivity contribution >= 4 is 29.0 Å². The van der Waals surface area contributed by atoms with Gasteiger partial charge in [0.25, 0.3) is 5.91 Å². The Hall–Kier alpha value is -4.50. The highest BCUT2D eigenvalue weighted by molar-refractivity contribution is 5.96.